The van der Waals surface area contributed by atoms with Crippen molar-refractivity contribution in [1.82, 2.24) is 0 Å². The number of benzene rings is 2. The van der Waals surface area contributed by atoms with Gasteiger partial charge in [-0.3, -0.25) is 0 Å². The smallest absolute Gasteiger partial charge is 0.405 e. The Morgan fingerprint density at radius 3 is 2.30 bits per heavy atom. The Morgan fingerprint density at radius 1 is 1.00 bits per heavy atom. The highest BCUT2D eigenvalue weighted by Gasteiger charge is 2.32. The van der Waals surface area contributed by atoms with E-state index in [1.807, 2.05) is 0 Å². The Hall–Kier alpha value is -2.48. The maximum Gasteiger partial charge on any atom is 0.573 e. The topological polar surface area (TPSA) is 9.23 Å². The van der Waals surface area contributed by atoms with Crippen LogP contribution in [0.4, 0.5) is 17.6 Å². The average Bonchev–Trinajstić information content (AvgIpc) is 2.38. The molecule has 0 aliphatic carbocycles. The van der Waals surface area contributed by atoms with Crippen LogP contribution in [0.3, 0.4) is 0 Å². The molecule has 0 aromatic heterocycles. The molecule has 2 rings (SSSR count). The molecular weight excluding hydrogens is 272 g/mol. The lowest BCUT2D eigenvalue weighted by atomic mass is 10.0. The average molecular weight is 280 g/mol. The Morgan fingerprint density at radius 2 is 1.70 bits per heavy atom. The number of terminal acetylenes is 1. The largest absolute Gasteiger partial charge is 0.573 e. The van der Waals surface area contributed by atoms with Crippen molar-refractivity contribution in [1.29, 1.82) is 0 Å². The van der Waals surface area contributed by atoms with Gasteiger partial charge < -0.3 is 4.74 Å². The van der Waals surface area contributed by atoms with Crippen molar-refractivity contribution >= 4 is 0 Å². The minimum atomic E-state index is -4.86. The first kappa shape index (κ1) is 13.9. The van der Waals surface area contributed by atoms with E-state index in [4.69, 9.17) is 6.42 Å². The number of rotatable bonds is 2. The molecule has 0 fully saturated rings. The van der Waals surface area contributed by atoms with E-state index < -0.39 is 17.9 Å². The molecule has 0 spiro atoms. The van der Waals surface area contributed by atoms with Crippen molar-refractivity contribution in [3.05, 3.63) is 53.8 Å². The van der Waals surface area contributed by atoms with Crippen molar-refractivity contribution < 1.29 is 22.3 Å². The van der Waals surface area contributed by atoms with Gasteiger partial charge in [-0.15, -0.1) is 19.6 Å². The second-order valence-corrected chi connectivity index (χ2v) is 3.88. The van der Waals surface area contributed by atoms with Crippen LogP contribution in [0, 0.1) is 18.2 Å². The zero-order valence-electron chi connectivity index (χ0n) is 10.0. The first-order chi connectivity index (χ1) is 9.40. The number of hydrogen-bond acceptors (Lipinski definition) is 1. The van der Waals surface area contributed by atoms with E-state index in [2.05, 4.69) is 10.7 Å². The van der Waals surface area contributed by atoms with Crippen molar-refractivity contribution in [2.24, 2.45) is 0 Å². The van der Waals surface area contributed by atoms with Crippen LogP contribution in [-0.2, 0) is 0 Å². The molecule has 0 saturated carbocycles. The van der Waals surface area contributed by atoms with Gasteiger partial charge in [-0.2, -0.15) is 0 Å². The van der Waals surface area contributed by atoms with E-state index in [0.717, 1.165) is 12.1 Å². The molecule has 0 atom stereocenters. The van der Waals surface area contributed by atoms with E-state index in [9.17, 15) is 17.6 Å². The van der Waals surface area contributed by atoms with Crippen molar-refractivity contribution in [3.63, 3.8) is 0 Å². The molecule has 1 nitrogen and oxygen atoms in total. The molecule has 0 amide bonds. The van der Waals surface area contributed by atoms with Gasteiger partial charge in [0.05, 0.1) is 0 Å². The quantitative estimate of drug-likeness (QED) is 0.586. The predicted molar refractivity (Wildman–Crippen MR) is 66.5 cm³/mol. The third-order valence-corrected chi connectivity index (χ3v) is 2.54. The van der Waals surface area contributed by atoms with Gasteiger partial charge in [-0.05, 0) is 24.3 Å². The van der Waals surface area contributed by atoms with E-state index >= 15 is 0 Å². The Labute approximate surface area is 112 Å². The SMILES string of the molecule is C#Cc1ccc(OC(F)(F)F)c(-c2ccccc2F)c1. The van der Waals surface area contributed by atoms with Gasteiger partial charge >= 0.3 is 6.36 Å². The molecule has 20 heavy (non-hydrogen) atoms. The summed E-state index contributed by atoms with van der Waals surface area (Å²) in [5.41, 5.74) is 0.275. The van der Waals surface area contributed by atoms with Crippen LogP contribution in [0.15, 0.2) is 42.5 Å². The van der Waals surface area contributed by atoms with Crippen molar-refractivity contribution in [2.45, 2.75) is 6.36 Å². The molecule has 2 aromatic carbocycles. The molecule has 0 heterocycles. The molecule has 0 radical (unpaired) electrons. The van der Waals surface area contributed by atoms with Gasteiger partial charge in [0.2, 0.25) is 0 Å². The summed E-state index contributed by atoms with van der Waals surface area (Å²) in [5.74, 6) is 1.13. The van der Waals surface area contributed by atoms with Crippen LogP contribution < -0.4 is 4.74 Å². The van der Waals surface area contributed by atoms with Crippen LogP contribution in [0.2, 0.25) is 0 Å². The summed E-state index contributed by atoms with van der Waals surface area (Å²) in [6.07, 6.45) is 0.342. The number of alkyl halides is 3. The Bertz CT molecular complexity index is 668. The van der Waals surface area contributed by atoms with Gasteiger partial charge in [0.25, 0.3) is 0 Å². The normalized spacial score (nSPS) is 10.9. The standard InChI is InChI=1S/C15H8F4O/c1-2-10-7-8-14(20-15(17,18)19)12(9-10)11-5-3-4-6-13(11)16/h1,3-9H. The summed E-state index contributed by atoms with van der Waals surface area (Å²) in [6.45, 7) is 0. The first-order valence-corrected chi connectivity index (χ1v) is 5.52. The molecule has 5 heteroatoms. The molecule has 102 valence electrons. The number of hydrogen-bond donors (Lipinski definition) is 0. The van der Waals surface area contributed by atoms with Crippen LogP contribution in [0.25, 0.3) is 11.1 Å². The third-order valence-electron chi connectivity index (χ3n) is 2.54. The summed E-state index contributed by atoms with van der Waals surface area (Å²) in [5, 5.41) is 0. The zero-order chi connectivity index (χ0) is 14.8. The van der Waals surface area contributed by atoms with Crippen molar-refractivity contribution in [2.75, 3.05) is 0 Å². The van der Waals surface area contributed by atoms with Crippen LogP contribution in [-0.4, -0.2) is 6.36 Å². The van der Waals surface area contributed by atoms with E-state index in [1.54, 1.807) is 0 Å². The van der Waals surface area contributed by atoms with Gasteiger partial charge in [0.1, 0.15) is 11.6 Å². The number of halogens is 4. The zero-order valence-corrected chi connectivity index (χ0v) is 10.0. The van der Waals surface area contributed by atoms with Crippen LogP contribution in [0.5, 0.6) is 5.75 Å². The maximum absolute atomic E-state index is 13.7. The van der Waals surface area contributed by atoms with Gasteiger partial charge in [0, 0.05) is 16.7 Å². The molecular formula is C15H8F4O. The summed E-state index contributed by atoms with van der Waals surface area (Å²) >= 11 is 0. The lowest BCUT2D eigenvalue weighted by Gasteiger charge is -2.14. The van der Waals surface area contributed by atoms with Gasteiger partial charge in [0.15, 0.2) is 0 Å². The second-order valence-electron chi connectivity index (χ2n) is 3.88. The second kappa shape index (κ2) is 5.25. The highest BCUT2D eigenvalue weighted by molar-refractivity contribution is 5.72. The Balaban J connectivity index is 2.60. The minimum Gasteiger partial charge on any atom is -0.405 e. The van der Waals surface area contributed by atoms with Crippen LogP contribution >= 0.6 is 0 Å². The fraction of sp³-hybridized carbons (Fsp3) is 0.0667. The molecule has 0 unspecified atom stereocenters. The first-order valence-electron chi connectivity index (χ1n) is 5.52. The summed E-state index contributed by atoms with van der Waals surface area (Å²) < 4.78 is 54.7. The third kappa shape index (κ3) is 3.09. The molecule has 0 N–H and O–H groups in total. The Kier molecular flexibility index (Phi) is 3.66. The molecule has 0 saturated heterocycles. The van der Waals surface area contributed by atoms with Gasteiger partial charge in [-0.1, -0.05) is 24.1 Å². The van der Waals surface area contributed by atoms with E-state index in [-0.39, 0.29) is 11.1 Å². The van der Waals surface area contributed by atoms with Crippen LogP contribution in [0.1, 0.15) is 5.56 Å². The lowest BCUT2D eigenvalue weighted by molar-refractivity contribution is -0.274. The highest BCUT2D eigenvalue weighted by atomic mass is 19.4. The van der Waals surface area contributed by atoms with Crippen molar-refractivity contribution in [3.8, 4) is 29.2 Å². The summed E-state index contributed by atoms with van der Waals surface area (Å²) in [7, 11) is 0. The van der Waals surface area contributed by atoms with E-state index in [0.29, 0.717) is 5.56 Å². The molecule has 2 aromatic rings. The molecule has 0 bridgehead atoms. The molecule has 0 aliphatic rings. The predicted octanol–water partition coefficient (Wildman–Crippen LogP) is 4.37. The summed E-state index contributed by atoms with van der Waals surface area (Å²) in [4.78, 5) is 0. The monoisotopic (exact) mass is 280 g/mol. The lowest BCUT2D eigenvalue weighted by Crippen LogP contribution is -2.17. The summed E-state index contributed by atoms with van der Waals surface area (Å²) in [6, 6.07) is 9.10. The minimum absolute atomic E-state index is 0.0103. The van der Waals surface area contributed by atoms with E-state index in [1.165, 1.54) is 30.3 Å². The fourth-order valence-electron chi connectivity index (χ4n) is 1.72. The highest BCUT2D eigenvalue weighted by Crippen LogP contribution is 2.35. The van der Waals surface area contributed by atoms with Gasteiger partial charge in [-0.25, -0.2) is 4.39 Å². The maximum atomic E-state index is 13.7. The molecule has 0 aliphatic heterocycles. The fourth-order valence-corrected chi connectivity index (χ4v) is 1.72. The number of ether oxygens (including phenoxy) is 1.